The van der Waals surface area contributed by atoms with E-state index in [4.69, 9.17) is 11.6 Å². The van der Waals surface area contributed by atoms with Crippen LogP contribution in [0, 0.1) is 42.4 Å². The van der Waals surface area contributed by atoms with Crippen molar-refractivity contribution in [3.05, 3.63) is 39.3 Å². The first kappa shape index (κ1) is 17.4. The highest BCUT2D eigenvalue weighted by atomic mass is 79.9. The number of likely N-dealkylation sites (tertiary alicyclic amines) is 1. The third-order valence-electron chi connectivity index (χ3n) is 6.67. The number of imide groups is 1. The summed E-state index contributed by atoms with van der Waals surface area (Å²) in [7, 11) is 0. The number of carbonyl (C=O) groups is 3. The first-order valence-electron chi connectivity index (χ1n) is 9.16. The van der Waals surface area contributed by atoms with Gasteiger partial charge in [0.05, 0.1) is 16.9 Å². The Kier molecular flexibility index (Phi) is 3.82. The van der Waals surface area contributed by atoms with E-state index in [-0.39, 0.29) is 47.9 Å². The van der Waals surface area contributed by atoms with Gasteiger partial charge in [-0.25, -0.2) is 0 Å². The minimum Gasteiger partial charge on any atom is -0.324 e. The van der Waals surface area contributed by atoms with Gasteiger partial charge in [-0.1, -0.05) is 23.8 Å². The highest BCUT2D eigenvalue weighted by Gasteiger charge is 2.67. The number of benzene rings is 1. The fourth-order valence-corrected chi connectivity index (χ4v) is 5.89. The molecule has 1 N–H and O–H groups in total. The summed E-state index contributed by atoms with van der Waals surface area (Å²) in [6, 6.07) is 3.50. The fourth-order valence-electron chi connectivity index (χ4n) is 5.30. The van der Waals surface area contributed by atoms with Crippen LogP contribution < -0.4 is 5.32 Å². The molecule has 5 aliphatic rings. The molecule has 1 heterocycles. The number of rotatable bonds is 3. The molecule has 0 spiro atoms. The summed E-state index contributed by atoms with van der Waals surface area (Å²) in [5.41, 5.74) is 1.31. The van der Waals surface area contributed by atoms with Crippen molar-refractivity contribution in [3.8, 4) is 0 Å². The molecule has 2 saturated carbocycles. The quantitative estimate of drug-likeness (QED) is 0.568. The smallest absolute Gasteiger partial charge is 0.244 e. The van der Waals surface area contributed by atoms with E-state index in [1.807, 2.05) is 0 Å². The van der Waals surface area contributed by atoms with Crippen molar-refractivity contribution in [1.29, 1.82) is 0 Å². The van der Waals surface area contributed by atoms with Gasteiger partial charge in [-0.05, 0) is 70.6 Å². The van der Waals surface area contributed by atoms with Crippen LogP contribution in [0.5, 0.6) is 0 Å². The van der Waals surface area contributed by atoms with Gasteiger partial charge in [-0.2, -0.15) is 0 Å². The minimum absolute atomic E-state index is 0.169. The van der Waals surface area contributed by atoms with Crippen LogP contribution in [0.1, 0.15) is 12.0 Å². The van der Waals surface area contributed by atoms with Gasteiger partial charge in [0.15, 0.2) is 0 Å². The number of nitrogens with one attached hydrogen (secondary N) is 1. The maximum atomic E-state index is 12.9. The Morgan fingerprint density at radius 3 is 2.37 bits per heavy atom. The fraction of sp³-hybridized carbons (Fsp3) is 0.450. The number of anilines is 1. The average molecular weight is 450 g/mol. The van der Waals surface area contributed by atoms with Crippen LogP contribution in [0.4, 0.5) is 5.69 Å². The lowest BCUT2D eigenvalue weighted by Crippen LogP contribution is -2.40. The average Bonchev–Trinajstić information content (AvgIpc) is 3.43. The van der Waals surface area contributed by atoms with E-state index in [9.17, 15) is 14.4 Å². The number of hydrogen-bond acceptors (Lipinski definition) is 3. The molecule has 2 bridgehead atoms. The molecule has 1 aliphatic heterocycles. The first-order chi connectivity index (χ1) is 12.9. The number of amides is 3. The van der Waals surface area contributed by atoms with Crippen LogP contribution in [0.25, 0.3) is 0 Å². The van der Waals surface area contributed by atoms with Crippen LogP contribution in [-0.4, -0.2) is 29.2 Å². The molecule has 3 fully saturated rings. The summed E-state index contributed by atoms with van der Waals surface area (Å²) in [4.78, 5) is 39.5. The SMILES string of the molecule is Cc1c(NC(=O)CN2C(=O)[C@@H]3[C@H]4C=C[C@@H]([C@@H]5C[C@@H]45)[C@H]3C2=O)ccc(Br)c1Cl. The van der Waals surface area contributed by atoms with Gasteiger partial charge in [0.1, 0.15) is 6.54 Å². The van der Waals surface area contributed by atoms with E-state index in [0.717, 1.165) is 21.4 Å². The van der Waals surface area contributed by atoms with E-state index >= 15 is 0 Å². The molecule has 1 aromatic rings. The molecule has 27 heavy (non-hydrogen) atoms. The molecule has 0 aromatic heterocycles. The number of nitrogens with zero attached hydrogens (tertiary/aromatic N) is 1. The van der Waals surface area contributed by atoms with Crippen LogP contribution in [0.2, 0.25) is 5.02 Å². The summed E-state index contributed by atoms with van der Waals surface area (Å²) in [5, 5.41) is 3.30. The molecular weight excluding hydrogens is 432 g/mol. The molecular formula is C20H18BrClN2O3. The van der Waals surface area contributed by atoms with Gasteiger partial charge in [0.25, 0.3) is 0 Å². The molecule has 6 atom stereocenters. The van der Waals surface area contributed by atoms with Crippen molar-refractivity contribution in [2.45, 2.75) is 13.3 Å². The second-order valence-electron chi connectivity index (χ2n) is 8.00. The zero-order valence-electron chi connectivity index (χ0n) is 14.6. The lowest BCUT2D eigenvalue weighted by atomic mass is 9.63. The lowest BCUT2D eigenvalue weighted by Gasteiger charge is -2.37. The van der Waals surface area contributed by atoms with E-state index in [2.05, 4.69) is 33.4 Å². The van der Waals surface area contributed by atoms with E-state index < -0.39 is 0 Å². The predicted molar refractivity (Wildman–Crippen MR) is 104 cm³/mol. The molecule has 7 heteroatoms. The largest absolute Gasteiger partial charge is 0.324 e. The Bertz CT molecular complexity index is 894. The van der Waals surface area contributed by atoms with E-state index in [1.165, 1.54) is 0 Å². The van der Waals surface area contributed by atoms with Gasteiger partial charge >= 0.3 is 0 Å². The summed E-state index contributed by atoms with van der Waals surface area (Å²) < 4.78 is 0.746. The second-order valence-corrected chi connectivity index (χ2v) is 9.23. The van der Waals surface area contributed by atoms with E-state index in [0.29, 0.717) is 22.5 Å². The molecule has 1 saturated heterocycles. The Balaban J connectivity index is 1.33. The predicted octanol–water partition coefficient (Wildman–Crippen LogP) is 3.40. The molecule has 5 nitrogen and oxygen atoms in total. The molecule has 3 amide bonds. The van der Waals surface area contributed by atoms with Crippen LogP contribution in [-0.2, 0) is 14.4 Å². The third-order valence-corrected chi connectivity index (χ3v) is 8.05. The van der Waals surface area contributed by atoms with Crippen LogP contribution in [0.3, 0.4) is 0 Å². The summed E-state index contributed by atoms with van der Waals surface area (Å²) in [6.45, 7) is 1.56. The number of hydrogen-bond donors (Lipinski definition) is 1. The number of halogens is 2. The first-order valence-corrected chi connectivity index (χ1v) is 10.3. The zero-order valence-corrected chi connectivity index (χ0v) is 17.0. The van der Waals surface area contributed by atoms with E-state index in [1.54, 1.807) is 19.1 Å². The van der Waals surface area contributed by atoms with Crippen molar-refractivity contribution in [2.24, 2.45) is 35.5 Å². The molecule has 0 unspecified atom stereocenters. The van der Waals surface area contributed by atoms with Gasteiger partial charge in [-0.15, -0.1) is 0 Å². The monoisotopic (exact) mass is 448 g/mol. The van der Waals surface area contributed by atoms with Crippen molar-refractivity contribution in [1.82, 2.24) is 4.90 Å². The molecule has 0 radical (unpaired) electrons. The summed E-state index contributed by atoms with van der Waals surface area (Å²) >= 11 is 9.54. The van der Waals surface area contributed by atoms with Crippen molar-refractivity contribution in [3.63, 3.8) is 0 Å². The van der Waals surface area contributed by atoms with Crippen molar-refractivity contribution < 1.29 is 14.4 Å². The van der Waals surface area contributed by atoms with Crippen LogP contribution >= 0.6 is 27.5 Å². The zero-order chi connectivity index (χ0) is 19.0. The molecule has 6 rings (SSSR count). The molecule has 1 aromatic carbocycles. The molecule has 4 aliphatic carbocycles. The Morgan fingerprint density at radius 1 is 1.19 bits per heavy atom. The summed E-state index contributed by atoms with van der Waals surface area (Å²) in [6.07, 6.45) is 5.38. The third kappa shape index (κ3) is 2.46. The topological polar surface area (TPSA) is 66.5 Å². The van der Waals surface area contributed by atoms with Crippen molar-refractivity contribution in [2.75, 3.05) is 11.9 Å². The summed E-state index contributed by atoms with van der Waals surface area (Å²) in [5.74, 6) is 0.150. The van der Waals surface area contributed by atoms with Gasteiger partial charge in [0, 0.05) is 10.2 Å². The van der Waals surface area contributed by atoms with Gasteiger partial charge in [0.2, 0.25) is 17.7 Å². The highest BCUT2D eigenvalue weighted by Crippen LogP contribution is 2.65. The Hall–Kier alpha value is -1.66. The number of allylic oxidation sites excluding steroid dienone is 2. The maximum Gasteiger partial charge on any atom is 0.244 e. The highest BCUT2D eigenvalue weighted by molar-refractivity contribution is 9.10. The number of carbonyl (C=O) groups excluding carboxylic acids is 3. The Labute approximate surface area is 170 Å². The normalized spacial score (nSPS) is 35.3. The Morgan fingerprint density at radius 2 is 1.78 bits per heavy atom. The second kappa shape index (κ2) is 5.92. The maximum absolute atomic E-state index is 12.9. The van der Waals surface area contributed by atoms with Crippen LogP contribution in [0.15, 0.2) is 28.8 Å². The van der Waals surface area contributed by atoms with Gasteiger partial charge in [-0.3, -0.25) is 19.3 Å². The van der Waals surface area contributed by atoms with Crippen molar-refractivity contribution >= 4 is 50.9 Å². The standard InChI is InChI=1S/C20H18BrClN2O3/c1-8-14(5-4-13(21)18(8)22)23-15(25)7-24-19(26)16-9-2-3-10(12-6-11(9)12)17(16)20(24)27/h2-5,9-12,16-17H,6-7H2,1H3,(H,23,25)/t9-,10-,11-,12-,16+,17+/m0/s1. The molecule has 140 valence electrons. The van der Waals surface area contributed by atoms with Gasteiger partial charge < -0.3 is 5.32 Å². The minimum atomic E-state index is -0.387. The lowest BCUT2D eigenvalue weighted by molar-refractivity contribution is -0.142.